The van der Waals surface area contributed by atoms with E-state index in [0.29, 0.717) is 52.2 Å². The second-order valence-corrected chi connectivity index (χ2v) is 10.1. The van der Waals surface area contributed by atoms with Crippen LogP contribution in [0.4, 0.5) is 13.6 Å². The third-order valence-electron chi connectivity index (χ3n) is 7.05. The smallest absolute Gasteiger partial charge is 0.407 e. The van der Waals surface area contributed by atoms with Crippen LogP contribution in [-0.4, -0.2) is 70.0 Å². The average Bonchev–Trinajstić information content (AvgIpc) is 3.55. The van der Waals surface area contributed by atoms with Crippen molar-refractivity contribution in [1.29, 1.82) is 5.26 Å². The number of halogens is 2. The van der Waals surface area contributed by atoms with Gasteiger partial charge in [0.1, 0.15) is 5.54 Å². The Bertz CT molecular complexity index is 996. The zero-order valence-electron chi connectivity index (χ0n) is 20.4. The van der Waals surface area contributed by atoms with Crippen molar-refractivity contribution >= 4 is 17.9 Å². The molecule has 2 saturated heterocycles. The summed E-state index contributed by atoms with van der Waals surface area (Å²) in [5.41, 5.74) is 5.27. The molecule has 1 aromatic carbocycles. The van der Waals surface area contributed by atoms with Crippen LogP contribution < -0.4 is 11.1 Å². The molecular formula is C25H33F2N5O4. The number of carbonyl (C=O) groups excluding carboxylic acids is 2. The van der Waals surface area contributed by atoms with Crippen molar-refractivity contribution in [2.45, 2.75) is 69.5 Å². The number of benzene rings is 1. The molecule has 3 fully saturated rings. The van der Waals surface area contributed by atoms with Crippen molar-refractivity contribution in [2.24, 2.45) is 11.1 Å². The predicted octanol–water partition coefficient (Wildman–Crippen LogP) is 2.71. The Kier molecular flexibility index (Phi) is 8.19. The van der Waals surface area contributed by atoms with Gasteiger partial charge in [0.15, 0.2) is 0 Å². The van der Waals surface area contributed by atoms with Crippen LogP contribution in [-0.2, 0) is 16.1 Å². The molecule has 0 unspecified atom stereocenters. The van der Waals surface area contributed by atoms with Crippen molar-refractivity contribution < 1.29 is 28.3 Å². The number of alkyl halides is 2. The molecule has 4 rings (SSSR count). The van der Waals surface area contributed by atoms with Crippen LogP contribution >= 0.6 is 0 Å². The van der Waals surface area contributed by atoms with Crippen molar-refractivity contribution in [2.75, 3.05) is 19.6 Å². The van der Waals surface area contributed by atoms with Gasteiger partial charge in [0.2, 0.25) is 17.7 Å². The molecule has 0 bridgehead atoms. The molecule has 9 nitrogen and oxygen atoms in total. The molecule has 11 heteroatoms. The predicted molar refractivity (Wildman–Crippen MR) is 127 cm³/mol. The number of rotatable bonds is 6. The van der Waals surface area contributed by atoms with Crippen molar-refractivity contribution in [3.63, 3.8) is 0 Å². The number of nitrogens with two attached hydrogens (primary N) is 1. The number of piperidine rings is 1. The number of likely N-dealkylation sites (tertiary alicyclic amines) is 2. The first-order valence-corrected chi connectivity index (χ1v) is 12.1. The third-order valence-corrected chi connectivity index (χ3v) is 7.05. The van der Waals surface area contributed by atoms with Gasteiger partial charge >= 0.3 is 6.09 Å². The van der Waals surface area contributed by atoms with Gasteiger partial charge in [0, 0.05) is 32.6 Å². The highest BCUT2D eigenvalue weighted by molar-refractivity contribution is 5.85. The largest absolute Gasteiger partial charge is 0.465 e. The van der Waals surface area contributed by atoms with E-state index in [0.717, 1.165) is 18.5 Å². The van der Waals surface area contributed by atoms with Crippen LogP contribution in [0.3, 0.4) is 0 Å². The van der Waals surface area contributed by atoms with Gasteiger partial charge in [0.25, 0.3) is 0 Å². The SMILES string of the molecule is CC(F)(F)C[C@H](N)C(=O)NC1(C#N)CC1.O=C(O)N1CCC2(CC1)CCN(Cc1ccccc1)C2=O. The van der Waals surface area contributed by atoms with Gasteiger partial charge in [-0.3, -0.25) is 9.59 Å². The molecule has 196 valence electrons. The minimum atomic E-state index is -2.97. The number of carbonyl (C=O) groups is 3. The zero-order chi connectivity index (χ0) is 26.6. The van der Waals surface area contributed by atoms with E-state index in [4.69, 9.17) is 16.1 Å². The van der Waals surface area contributed by atoms with E-state index in [1.54, 1.807) is 0 Å². The van der Waals surface area contributed by atoms with Crippen LogP contribution in [0.15, 0.2) is 30.3 Å². The topological polar surface area (TPSA) is 140 Å². The van der Waals surface area contributed by atoms with Crippen LogP contribution in [0.2, 0.25) is 0 Å². The number of amides is 3. The Labute approximate surface area is 209 Å². The molecule has 1 aliphatic carbocycles. The molecule has 2 heterocycles. The molecule has 3 aliphatic rings. The minimum Gasteiger partial charge on any atom is -0.465 e. The quantitative estimate of drug-likeness (QED) is 0.543. The lowest BCUT2D eigenvalue weighted by molar-refractivity contribution is -0.138. The van der Waals surface area contributed by atoms with Gasteiger partial charge in [-0.2, -0.15) is 5.26 Å². The van der Waals surface area contributed by atoms with Crippen LogP contribution in [0, 0.1) is 16.7 Å². The summed E-state index contributed by atoms with van der Waals surface area (Å²) in [5.74, 6) is -3.45. The lowest BCUT2D eigenvalue weighted by Crippen LogP contribution is -2.48. The molecule has 0 aromatic heterocycles. The summed E-state index contributed by atoms with van der Waals surface area (Å²) >= 11 is 0. The fourth-order valence-corrected chi connectivity index (χ4v) is 4.63. The number of hydrogen-bond acceptors (Lipinski definition) is 5. The number of nitrogens with zero attached hydrogens (tertiary/aromatic N) is 3. The fraction of sp³-hybridized carbons (Fsp3) is 0.600. The molecule has 2 aliphatic heterocycles. The number of nitrogens with one attached hydrogen (secondary N) is 1. The summed E-state index contributed by atoms with van der Waals surface area (Å²) in [7, 11) is 0. The fourth-order valence-electron chi connectivity index (χ4n) is 4.63. The maximum atomic E-state index is 12.7. The molecule has 1 atom stereocenters. The summed E-state index contributed by atoms with van der Waals surface area (Å²) in [6.07, 6.45) is 1.70. The maximum absolute atomic E-state index is 12.7. The Hall–Kier alpha value is -3.26. The van der Waals surface area contributed by atoms with Gasteiger partial charge < -0.3 is 26.0 Å². The summed E-state index contributed by atoms with van der Waals surface area (Å²) < 4.78 is 25.1. The second kappa shape index (κ2) is 10.8. The summed E-state index contributed by atoms with van der Waals surface area (Å²) in [5, 5.41) is 20.1. The number of nitriles is 1. The standard InChI is InChI=1S/C16H20N2O3.C9H13F2N3O/c19-14-16(6-9-17(10-7-16)15(20)21)8-11-18(14)12-13-4-2-1-3-5-13;1-8(10,11)4-6(13)7(15)14-9(5-12)2-3-9/h1-5H,6-12H2,(H,20,21);6H,2-4,13H2,1H3,(H,14,15)/t;6-/m.0/s1. The first-order valence-electron chi connectivity index (χ1n) is 12.1. The molecule has 36 heavy (non-hydrogen) atoms. The highest BCUT2D eigenvalue weighted by atomic mass is 19.3. The summed E-state index contributed by atoms with van der Waals surface area (Å²) in [6.45, 7) is 3.09. The normalized spacial score (nSPS) is 20.7. The summed E-state index contributed by atoms with van der Waals surface area (Å²) in [4.78, 5) is 38.4. The second-order valence-electron chi connectivity index (χ2n) is 10.1. The van der Waals surface area contributed by atoms with E-state index in [1.807, 2.05) is 41.3 Å². The van der Waals surface area contributed by atoms with E-state index in [9.17, 15) is 23.2 Å². The first-order chi connectivity index (χ1) is 16.9. The number of hydrogen-bond donors (Lipinski definition) is 3. The Morgan fingerprint density at radius 1 is 1.17 bits per heavy atom. The van der Waals surface area contributed by atoms with Gasteiger partial charge in [-0.25, -0.2) is 13.6 Å². The average molecular weight is 506 g/mol. The monoisotopic (exact) mass is 505 g/mol. The molecular weight excluding hydrogens is 472 g/mol. The van der Waals surface area contributed by atoms with Crippen molar-refractivity contribution in [1.82, 2.24) is 15.1 Å². The molecule has 4 N–H and O–H groups in total. The Balaban J connectivity index is 0.000000214. The molecule has 1 saturated carbocycles. The van der Waals surface area contributed by atoms with Gasteiger partial charge in [0.05, 0.1) is 17.5 Å². The molecule has 1 aromatic rings. The van der Waals surface area contributed by atoms with E-state index in [2.05, 4.69) is 5.32 Å². The van der Waals surface area contributed by atoms with Crippen LogP contribution in [0.5, 0.6) is 0 Å². The highest BCUT2D eigenvalue weighted by Gasteiger charge is 2.48. The van der Waals surface area contributed by atoms with Crippen LogP contribution in [0.25, 0.3) is 0 Å². The highest BCUT2D eigenvalue weighted by Crippen LogP contribution is 2.42. The van der Waals surface area contributed by atoms with Gasteiger partial charge in [-0.05, 0) is 44.6 Å². The molecule has 0 radical (unpaired) electrons. The lowest BCUT2D eigenvalue weighted by Gasteiger charge is -2.36. The Morgan fingerprint density at radius 3 is 2.25 bits per heavy atom. The van der Waals surface area contributed by atoms with E-state index in [1.165, 1.54) is 4.90 Å². The van der Waals surface area contributed by atoms with Gasteiger partial charge in [-0.1, -0.05) is 30.3 Å². The molecule has 3 amide bonds. The zero-order valence-corrected chi connectivity index (χ0v) is 20.4. The summed E-state index contributed by atoms with van der Waals surface area (Å²) in [6, 6.07) is 10.7. The number of carboxylic acid groups (broad SMARTS) is 1. The Morgan fingerprint density at radius 2 is 1.75 bits per heavy atom. The van der Waals surface area contributed by atoms with Gasteiger partial charge in [-0.15, -0.1) is 0 Å². The lowest BCUT2D eigenvalue weighted by atomic mass is 9.77. The molecule has 1 spiro atoms. The third kappa shape index (κ3) is 6.91. The van der Waals surface area contributed by atoms with Crippen molar-refractivity contribution in [3.05, 3.63) is 35.9 Å². The van der Waals surface area contributed by atoms with Crippen molar-refractivity contribution in [3.8, 4) is 6.07 Å². The minimum absolute atomic E-state index is 0.205. The van der Waals surface area contributed by atoms with E-state index in [-0.39, 0.29) is 11.3 Å². The van der Waals surface area contributed by atoms with Crippen LogP contribution in [0.1, 0.15) is 51.0 Å². The maximum Gasteiger partial charge on any atom is 0.407 e. The van der Waals surface area contributed by atoms with E-state index < -0.39 is 35.9 Å². The first kappa shape index (κ1) is 27.3. The van der Waals surface area contributed by atoms with E-state index >= 15 is 0 Å².